The number of imidazole rings is 2. The molecule has 0 aliphatic rings. The maximum Gasteiger partial charge on any atom is 0.348 e. The lowest BCUT2D eigenvalue weighted by Crippen LogP contribution is -2.37. The quantitative estimate of drug-likeness (QED) is 0.0986. The second-order valence-electron chi connectivity index (χ2n) is 13.2. The molecule has 0 saturated heterocycles. The van der Waals surface area contributed by atoms with Gasteiger partial charge in [0.25, 0.3) is 0 Å². The summed E-state index contributed by atoms with van der Waals surface area (Å²) in [7, 11) is -0.166. The van der Waals surface area contributed by atoms with Crippen LogP contribution in [0.1, 0.15) is 60.8 Å². The molecule has 6 aromatic rings. The first-order valence-corrected chi connectivity index (χ1v) is 19.8. The molecule has 0 bridgehead atoms. The summed E-state index contributed by atoms with van der Waals surface area (Å²) in [5, 5.41) is 5.90. The van der Waals surface area contributed by atoms with E-state index in [2.05, 4.69) is 24.5 Å². The zero-order valence-electron chi connectivity index (χ0n) is 31.4. The Bertz CT molecular complexity index is 2220. The number of nitrogens with zero attached hydrogens (tertiary/aromatic N) is 4. The van der Waals surface area contributed by atoms with E-state index in [1.54, 1.807) is 81.9 Å². The van der Waals surface area contributed by atoms with Crippen molar-refractivity contribution in [2.24, 2.45) is 14.1 Å². The van der Waals surface area contributed by atoms with Crippen LogP contribution in [0.4, 0.5) is 11.4 Å². The topological polar surface area (TPSA) is 128 Å². The second kappa shape index (κ2) is 17.3. The first kappa shape index (κ1) is 38.5. The van der Waals surface area contributed by atoms with Crippen LogP contribution >= 0.6 is 0 Å². The van der Waals surface area contributed by atoms with E-state index in [4.69, 9.17) is 9.47 Å². The summed E-state index contributed by atoms with van der Waals surface area (Å²) in [4.78, 5) is 26.5. The van der Waals surface area contributed by atoms with E-state index in [1.807, 2.05) is 48.0 Å². The normalized spacial score (nSPS) is 11.3. The van der Waals surface area contributed by atoms with Crippen molar-refractivity contribution in [1.29, 1.82) is 0 Å². The minimum absolute atomic E-state index is 0.103. The summed E-state index contributed by atoms with van der Waals surface area (Å²) in [5.74, 6) is 2.46. The summed E-state index contributed by atoms with van der Waals surface area (Å²) in [6.45, 7) is 5.72. The van der Waals surface area contributed by atoms with E-state index in [-0.39, 0.29) is 21.6 Å². The second-order valence-corrected chi connectivity index (χ2v) is 15.1. The number of anilines is 2. The first-order chi connectivity index (χ1) is 26.5. The van der Waals surface area contributed by atoms with Gasteiger partial charge in [0.05, 0.1) is 37.0 Å². The van der Waals surface area contributed by atoms with Crippen LogP contribution in [0.5, 0.6) is 23.0 Å². The van der Waals surface area contributed by atoms with Crippen molar-refractivity contribution in [2.75, 3.05) is 10.6 Å². The van der Waals surface area contributed by atoms with Gasteiger partial charge in [-0.1, -0.05) is 38.8 Å². The van der Waals surface area contributed by atoms with Crippen LogP contribution in [-0.2, 0) is 37.0 Å². The van der Waals surface area contributed by atoms with Gasteiger partial charge in [0.2, 0.25) is 9.84 Å². The van der Waals surface area contributed by atoms with Gasteiger partial charge in [0.1, 0.15) is 47.8 Å². The Kier molecular flexibility index (Phi) is 12.1. The monoisotopic (exact) mass is 762 g/mol. The van der Waals surface area contributed by atoms with Crippen LogP contribution in [0.3, 0.4) is 0 Å². The maximum absolute atomic E-state index is 13.5. The molecule has 0 aliphatic carbocycles. The van der Waals surface area contributed by atoms with Crippen molar-refractivity contribution in [3.05, 3.63) is 133 Å². The fourth-order valence-electron chi connectivity index (χ4n) is 6.08. The SMILES string of the molecule is CCCCn1cc[n+](C)c1C(=O)Nc1cccc(Oc2ccc(S(=O)(=O)c3ccc(Oc4cccc(NC(=O)c5n(CCCC)cc[n+]5C)c4)cc3)cc2)c1. The lowest BCUT2D eigenvalue weighted by atomic mass is 10.3. The highest BCUT2D eigenvalue weighted by Crippen LogP contribution is 2.30. The molecule has 2 N–H and O–H groups in total. The average molecular weight is 763 g/mol. The molecular weight excluding hydrogens is 717 g/mol. The third-order valence-corrected chi connectivity index (χ3v) is 10.8. The summed E-state index contributed by atoms with van der Waals surface area (Å²) in [6.07, 6.45) is 11.5. The molecule has 0 saturated carbocycles. The molecule has 4 aromatic carbocycles. The number of rotatable bonds is 16. The number of amides is 2. The van der Waals surface area contributed by atoms with Gasteiger partial charge in [-0.05, 0) is 85.6 Å². The Hall–Kier alpha value is -6.21. The average Bonchev–Trinajstić information content (AvgIpc) is 3.74. The fourth-order valence-corrected chi connectivity index (χ4v) is 7.34. The Morgan fingerprint density at radius 3 is 1.38 bits per heavy atom. The highest BCUT2D eigenvalue weighted by atomic mass is 32.2. The maximum atomic E-state index is 13.5. The van der Waals surface area contributed by atoms with E-state index in [0.717, 1.165) is 38.8 Å². The van der Waals surface area contributed by atoms with Gasteiger partial charge in [0, 0.05) is 23.5 Å². The van der Waals surface area contributed by atoms with Crippen LogP contribution in [-0.4, -0.2) is 29.4 Å². The molecule has 0 spiro atoms. The smallest absolute Gasteiger partial charge is 0.348 e. The fraction of sp³-hybridized carbons (Fsp3) is 0.238. The van der Waals surface area contributed by atoms with Crippen LogP contribution in [0.15, 0.2) is 132 Å². The van der Waals surface area contributed by atoms with E-state index in [9.17, 15) is 18.0 Å². The number of unbranched alkanes of at least 4 members (excludes halogenated alkanes) is 2. The molecule has 6 rings (SSSR count). The van der Waals surface area contributed by atoms with E-state index < -0.39 is 9.84 Å². The standard InChI is InChI=1S/C42H44N6O6S/c1-5-7-23-47-27-25-45(3)41(47)39(49)43-31-11-9-13-35(29-31)53-33-15-19-37(20-16-33)55(51,52)38-21-17-34(18-22-38)54-36-14-10-12-32(30-36)44-40(50)42-46(4)26-28-48(42)24-8-6-2/h9-22,25-30H,5-8,23-24H2,1-4H3/p+2. The summed E-state index contributed by atoms with van der Waals surface area (Å²) in [6, 6.07) is 26.4. The molecule has 284 valence electrons. The van der Waals surface area contributed by atoms with Crippen LogP contribution < -0.4 is 29.2 Å². The van der Waals surface area contributed by atoms with Gasteiger partial charge in [-0.3, -0.25) is 9.59 Å². The molecule has 12 nitrogen and oxygen atoms in total. The van der Waals surface area contributed by atoms with Gasteiger partial charge >= 0.3 is 23.5 Å². The van der Waals surface area contributed by atoms with E-state index in [0.29, 0.717) is 46.0 Å². The largest absolute Gasteiger partial charge is 0.457 e. The van der Waals surface area contributed by atoms with Gasteiger partial charge < -0.3 is 20.1 Å². The number of carbonyl (C=O) groups is 2. The van der Waals surface area contributed by atoms with Gasteiger partial charge in [0.15, 0.2) is 0 Å². The molecule has 2 heterocycles. The highest BCUT2D eigenvalue weighted by molar-refractivity contribution is 7.91. The zero-order chi connectivity index (χ0) is 39.0. The number of carbonyl (C=O) groups excluding carboxylic acids is 2. The van der Waals surface area contributed by atoms with Crippen molar-refractivity contribution in [3.63, 3.8) is 0 Å². The highest BCUT2D eigenvalue weighted by Gasteiger charge is 2.25. The summed E-state index contributed by atoms with van der Waals surface area (Å²) >= 11 is 0. The number of ether oxygens (including phenoxy) is 2. The third-order valence-electron chi connectivity index (χ3n) is 8.99. The Labute approximate surface area is 321 Å². The molecular formula is C42H46N6O6S+2. The van der Waals surface area contributed by atoms with E-state index >= 15 is 0 Å². The van der Waals surface area contributed by atoms with E-state index in [1.165, 1.54) is 24.3 Å². The Morgan fingerprint density at radius 2 is 1.00 bits per heavy atom. The number of aryl methyl sites for hydroxylation is 4. The van der Waals surface area contributed by atoms with Crippen LogP contribution in [0.25, 0.3) is 0 Å². The van der Waals surface area contributed by atoms with Gasteiger partial charge in [-0.15, -0.1) is 0 Å². The lowest BCUT2D eigenvalue weighted by molar-refractivity contribution is -0.673. The molecule has 0 fully saturated rings. The van der Waals surface area contributed by atoms with Gasteiger partial charge in [-0.2, -0.15) is 0 Å². The van der Waals surface area contributed by atoms with Crippen molar-refractivity contribution < 1.29 is 36.6 Å². The third kappa shape index (κ3) is 9.30. The molecule has 0 atom stereocenters. The molecule has 0 unspecified atom stereocenters. The number of aromatic nitrogens is 4. The predicted octanol–water partition coefficient (Wildman–Crippen LogP) is 7.46. The molecule has 2 aromatic heterocycles. The molecule has 2 amide bonds. The van der Waals surface area contributed by atoms with Crippen molar-refractivity contribution >= 4 is 33.0 Å². The number of sulfone groups is 1. The minimum Gasteiger partial charge on any atom is -0.457 e. The van der Waals surface area contributed by atoms with Gasteiger partial charge in [-0.25, -0.2) is 26.7 Å². The number of hydrogen-bond acceptors (Lipinski definition) is 6. The van der Waals surface area contributed by atoms with Crippen molar-refractivity contribution in [1.82, 2.24) is 9.13 Å². The zero-order valence-corrected chi connectivity index (χ0v) is 32.3. The van der Waals surface area contributed by atoms with Crippen LogP contribution in [0, 0.1) is 0 Å². The predicted molar refractivity (Wildman–Crippen MR) is 208 cm³/mol. The van der Waals surface area contributed by atoms with Crippen molar-refractivity contribution in [3.8, 4) is 23.0 Å². The number of hydrogen-bond donors (Lipinski definition) is 2. The summed E-state index contributed by atoms with van der Waals surface area (Å²) in [5.41, 5.74) is 1.13. The van der Waals surface area contributed by atoms with Crippen LogP contribution in [0.2, 0.25) is 0 Å². The number of nitrogens with one attached hydrogen (secondary N) is 2. The molecule has 0 aliphatic heterocycles. The lowest BCUT2D eigenvalue weighted by Gasteiger charge is -2.11. The molecule has 55 heavy (non-hydrogen) atoms. The Balaban J connectivity index is 1.07. The minimum atomic E-state index is -3.84. The molecule has 0 radical (unpaired) electrons. The molecule has 13 heteroatoms. The number of benzene rings is 4. The Morgan fingerprint density at radius 1 is 0.600 bits per heavy atom. The summed E-state index contributed by atoms with van der Waals surface area (Å²) < 4.78 is 46.5. The first-order valence-electron chi connectivity index (χ1n) is 18.3. The van der Waals surface area contributed by atoms with Crippen molar-refractivity contribution in [2.45, 2.75) is 62.4 Å².